The van der Waals surface area contributed by atoms with Crippen LogP contribution in [0.5, 0.6) is 0 Å². The van der Waals surface area contributed by atoms with E-state index in [2.05, 4.69) is 97.7 Å². The Morgan fingerprint density at radius 2 is 1.09 bits per heavy atom. The molecule has 32 heavy (non-hydrogen) atoms. The molecule has 0 aliphatic carbocycles. The van der Waals surface area contributed by atoms with Crippen LogP contribution in [-0.2, 0) is 0 Å². The standard InChI is InChI=1S/C28H59NOS2/c1-11-17-25(31-27(5,6)7)23(3)21-29(19-15-13-14-16-20-30)22-24(4)26(18-12-2)32-28(8,9)10/h23-26,30H,11-22H2,1-10H3/t23-,24+,25?,26?. The second-order valence-corrected chi connectivity index (χ2v) is 16.1. The largest absolute Gasteiger partial charge is 0.396 e. The zero-order valence-electron chi connectivity index (χ0n) is 23.5. The number of thioether (sulfide) groups is 2. The maximum absolute atomic E-state index is 9.11. The van der Waals surface area contributed by atoms with E-state index >= 15 is 0 Å². The van der Waals surface area contributed by atoms with Crippen LogP contribution in [0.1, 0.15) is 121 Å². The molecular formula is C28H59NOS2. The molecule has 0 saturated carbocycles. The van der Waals surface area contributed by atoms with Gasteiger partial charge >= 0.3 is 0 Å². The van der Waals surface area contributed by atoms with Gasteiger partial charge in [0, 0.05) is 39.7 Å². The SMILES string of the molecule is CCCC(SC(C)(C)C)[C@H](C)CN(CCCCCCO)C[C@H](C)C(CCC)SC(C)(C)C. The molecule has 0 radical (unpaired) electrons. The smallest absolute Gasteiger partial charge is 0.0431 e. The molecule has 0 saturated heterocycles. The quantitative estimate of drug-likeness (QED) is 0.195. The lowest BCUT2D eigenvalue weighted by molar-refractivity contribution is 0.197. The number of unbranched alkanes of at least 4 members (excludes halogenated alkanes) is 3. The third-order valence-corrected chi connectivity index (χ3v) is 9.32. The van der Waals surface area contributed by atoms with Gasteiger partial charge in [0.1, 0.15) is 0 Å². The minimum Gasteiger partial charge on any atom is -0.396 e. The molecule has 1 N–H and O–H groups in total. The molecule has 0 fully saturated rings. The summed E-state index contributed by atoms with van der Waals surface area (Å²) in [6, 6.07) is 0. The van der Waals surface area contributed by atoms with Gasteiger partial charge in [-0.2, -0.15) is 23.5 Å². The minimum absolute atomic E-state index is 0.325. The maximum atomic E-state index is 9.11. The minimum atomic E-state index is 0.325. The third kappa shape index (κ3) is 17.1. The molecule has 194 valence electrons. The second-order valence-electron chi connectivity index (χ2n) is 12.0. The number of aliphatic hydroxyl groups excluding tert-OH is 1. The Kier molecular flexibility index (Phi) is 17.4. The second kappa shape index (κ2) is 17.1. The highest BCUT2D eigenvalue weighted by Gasteiger charge is 2.28. The van der Waals surface area contributed by atoms with Gasteiger partial charge in [-0.05, 0) is 44.1 Å². The Labute approximate surface area is 211 Å². The summed E-state index contributed by atoms with van der Waals surface area (Å²) in [6.45, 7) is 27.9. The van der Waals surface area contributed by atoms with Gasteiger partial charge in [-0.25, -0.2) is 0 Å². The van der Waals surface area contributed by atoms with E-state index in [9.17, 15) is 0 Å². The summed E-state index contributed by atoms with van der Waals surface area (Å²) >= 11 is 4.39. The fraction of sp³-hybridized carbons (Fsp3) is 1.00. The number of hydrogen-bond donors (Lipinski definition) is 1. The number of rotatable bonds is 18. The summed E-state index contributed by atoms with van der Waals surface area (Å²) in [5.74, 6) is 1.42. The molecule has 2 unspecified atom stereocenters. The summed E-state index contributed by atoms with van der Waals surface area (Å²) in [5, 5.41) is 10.6. The van der Waals surface area contributed by atoms with E-state index in [1.54, 1.807) is 0 Å². The van der Waals surface area contributed by atoms with Crippen molar-refractivity contribution in [2.45, 2.75) is 141 Å². The van der Waals surface area contributed by atoms with E-state index in [1.165, 1.54) is 58.2 Å². The van der Waals surface area contributed by atoms with Crippen LogP contribution in [-0.4, -0.2) is 56.2 Å². The van der Waals surface area contributed by atoms with E-state index in [-0.39, 0.29) is 0 Å². The van der Waals surface area contributed by atoms with E-state index in [0.29, 0.717) is 27.9 Å². The fourth-order valence-corrected chi connectivity index (χ4v) is 7.66. The lowest BCUT2D eigenvalue weighted by Gasteiger charge is -2.37. The molecule has 4 atom stereocenters. The fourth-order valence-electron chi connectivity index (χ4n) is 4.50. The van der Waals surface area contributed by atoms with Gasteiger partial charge in [0.25, 0.3) is 0 Å². The summed E-state index contributed by atoms with van der Waals surface area (Å²) in [7, 11) is 0. The highest BCUT2D eigenvalue weighted by atomic mass is 32.2. The zero-order chi connectivity index (χ0) is 24.8. The predicted octanol–water partition coefficient (Wildman–Crippen LogP) is 8.51. The Morgan fingerprint density at radius 1 is 0.688 bits per heavy atom. The molecule has 0 aromatic heterocycles. The Morgan fingerprint density at radius 3 is 1.44 bits per heavy atom. The van der Waals surface area contributed by atoms with Crippen LogP contribution >= 0.6 is 23.5 Å². The summed E-state index contributed by atoms with van der Waals surface area (Å²) in [6.07, 6.45) is 9.80. The lowest BCUT2D eigenvalue weighted by Crippen LogP contribution is -2.39. The molecule has 0 aliphatic heterocycles. The van der Waals surface area contributed by atoms with Crippen LogP contribution < -0.4 is 0 Å². The van der Waals surface area contributed by atoms with Gasteiger partial charge in [-0.1, -0.05) is 94.9 Å². The Bertz CT molecular complexity index is 410. The first-order valence-corrected chi connectivity index (χ1v) is 15.3. The molecule has 4 heteroatoms. The van der Waals surface area contributed by atoms with Gasteiger partial charge in [-0.15, -0.1) is 0 Å². The number of hydrogen-bond acceptors (Lipinski definition) is 4. The normalized spacial score (nSPS) is 16.9. The number of aliphatic hydroxyl groups is 1. The van der Waals surface area contributed by atoms with Crippen molar-refractivity contribution in [3.05, 3.63) is 0 Å². The van der Waals surface area contributed by atoms with Crippen LogP contribution in [0, 0.1) is 11.8 Å². The Hall–Kier alpha value is 0.620. The first-order chi connectivity index (χ1) is 14.8. The molecule has 0 bridgehead atoms. The van der Waals surface area contributed by atoms with Crippen molar-refractivity contribution >= 4 is 23.5 Å². The summed E-state index contributed by atoms with van der Waals surface area (Å²) < 4.78 is 0.651. The molecule has 0 heterocycles. The monoisotopic (exact) mass is 489 g/mol. The van der Waals surface area contributed by atoms with Crippen molar-refractivity contribution < 1.29 is 5.11 Å². The van der Waals surface area contributed by atoms with Crippen molar-refractivity contribution in [1.29, 1.82) is 0 Å². The van der Waals surface area contributed by atoms with E-state index in [0.717, 1.165) is 23.3 Å². The summed E-state index contributed by atoms with van der Waals surface area (Å²) in [5.41, 5.74) is 0. The van der Waals surface area contributed by atoms with Crippen LogP contribution in [0.25, 0.3) is 0 Å². The molecule has 2 nitrogen and oxygen atoms in total. The molecule has 0 spiro atoms. The van der Waals surface area contributed by atoms with E-state index < -0.39 is 0 Å². The van der Waals surface area contributed by atoms with Crippen LogP contribution in [0.2, 0.25) is 0 Å². The highest BCUT2D eigenvalue weighted by molar-refractivity contribution is 8.01. The third-order valence-electron chi connectivity index (χ3n) is 5.90. The van der Waals surface area contributed by atoms with E-state index in [1.807, 2.05) is 0 Å². The van der Waals surface area contributed by atoms with Crippen LogP contribution in [0.3, 0.4) is 0 Å². The zero-order valence-corrected chi connectivity index (χ0v) is 25.1. The van der Waals surface area contributed by atoms with Crippen molar-refractivity contribution in [3.8, 4) is 0 Å². The number of nitrogens with zero attached hydrogens (tertiary/aromatic N) is 1. The van der Waals surface area contributed by atoms with Crippen molar-refractivity contribution in [2.24, 2.45) is 11.8 Å². The van der Waals surface area contributed by atoms with Crippen molar-refractivity contribution in [2.75, 3.05) is 26.2 Å². The molecule has 0 rings (SSSR count). The van der Waals surface area contributed by atoms with Crippen LogP contribution in [0.4, 0.5) is 0 Å². The Balaban J connectivity index is 5.24. The first kappa shape index (κ1) is 32.6. The topological polar surface area (TPSA) is 23.5 Å². The summed E-state index contributed by atoms with van der Waals surface area (Å²) in [4.78, 5) is 2.80. The van der Waals surface area contributed by atoms with Crippen molar-refractivity contribution in [3.63, 3.8) is 0 Å². The molecule has 0 aromatic rings. The highest BCUT2D eigenvalue weighted by Crippen LogP contribution is 2.37. The van der Waals surface area contributed by atoms with Crippen molar-refractivity contribution in [1.82, 2.24) is 4.90 Å². The lowest BCUT2D eigenvalue weighted by atomic mass is 9.99. The van der Waals surface area contributed by atoms with Gasteiger partial charge in [0.2, 0.25) is 0 Å². The molecule has 0 aromatic carbocycles. The van der Waals surface area contributed by atoms with Crippen LogP contribution in [0.15, 0.2) is 0 Å². The van der Waals surface area contributed by atoms with Gasteiger partial charge < -0.3 is 10.0 Å². The van der Waals surface area contributed by atoms with Gasteiger partial charge in [0.05, 0.1) is 0 Å². The predicted molar refractivity (Wildman–Crippen MR) is 152 cm³/mol. The van der Waals surface area contributed by atoms with E-state index in [4.69, 9.17) is 5.11 Å². The average molecular weight is 490 g/mol. The van der Waals surface area contributed by atoms with Gasteiger partial charge in [0.15, 0.2) is 0 Å². The molecule has 0 amide bonds. The molecular weight excluding hydrogens is 430 g/mol. The first-order valence-electron chi connectivity index (χ1n) is 13.5. The molecule has 0 aliphatic rings. The maximum Gasteiger partial charge on any atom is 0.0431 e. The average Bonchev–Trinajstić information content (AvgIpc) is 2.64. The van der Waals surface area contributed by atoms with Gasteiger partial charge in [-0.3, -0.25) is 0 Å².